The molecule has 0 unspecified atom stereocenters. The van der Waals surface area contributed by atoms with Crippen molar-refractivity contribution in [1.82, 2.24) is 0 Å². The van der Waals surface area contributed by atoms with Gasteiger partial charge in [0.15, 0.2) is 12.2 Å². The molecule has 1 rings (SSSR count). The number of hydrogen-bond donors (Lipinski definition) is 1. The number of alkyl halides is 3. The van der Waals surface area contributed by atoms with Gasteiger partial charge >= 0.3 is 23.9 Å². The smallest absolute Gasteiger partial charge is 0.303 e. The van der Waals surface area contributed by atoms with Crippen molar-refractivity contribution in [3.8, 4) is 0 Å². The highest BCUT2D eigenvalue weighted by Crippen LogP contribution is 2.34. The minimum Gasteiger partial charge on any atom is -0.462 e. The first-order valence-electron chi connectivity index (χ1n) is 8.35. The van der Waals surface area contributed by atoms with Gasteiger partial charge < -0.3 is 28.4 Å². The molecule has 5 atom stereocenters. The van der Waals surface area contributed by atoms with E-state index in [4.69, 9.17) is 68.6 Å². The lowest BCUT2D eigenvalue weighted by molar-refractivity contribution is -0.182. The van der Waals surface area contributed by atoms with Gasteiger partial charge in [0, 0.05) is 27.7 Å². The van der Waals surface area contributed by atoms with Crippen LogP contribution in [0.3, 0.4) is 0 Å². The van der Waals surface area contributed by atoms with Crippen molar-refractivity contribution in [2.24, 2.45) is 0 Å². The maximum Gasteiger partial charge on any atom is 0.303 e. The van der Waals surface area contributed by atoms with Crippen LogP contribution in [0.25, 0.3) is 0 Å². The minimum absolute atomic E-state index is 0.473. The molecule has 0 aromatic rings. The highest BCUT2D eigenvalue weighted by atomic mass is 35.6. The van der Waals surface area contributed by atoms with Crippen molar-refractivity contribution < 1.29 is 47.6 Å². The summed E-state index contributed by atoms with van der Waals surface area (Å²) in [6.45, 7) is 3.88. The van der Waals surface area contributed by atoms with Crippen molar-refractivity contribution in [2.75, 3.05) is 6.61 Å². The zero-order chi connectivity index (χ0) is 23.2. The molecule has 0 aromatic heterocycles. The molecule has 14 heteroatoms. The van der Waals surface area contributed by atoms with Crippen LogP contribution in [0.15, 0.2) is 0 Å². The summed E-state index contributed by atoms with van der Waals surface area (Å²) in [5.74, 6) is -3.92. The van der Waals surface area contributed by atoms with E-state index in [9.17, 15) is 19.2 Å². The van der Waals surface area contributed by atoms with Crippen molar-refractivity contribution >= 4 is 64.6 Å². The van der Waals surface area contributed by atoms with E-state index in [-0.39, 0.29) is 0 Å². The summed E-state index contributed by atoms with van der Waals surface area (Å²) in [5.41, 5.74) is 0. The molecule has 1 heterocycles. The topological polar surface area (TPSA) is 148 Å². The number of esters is 4. The molecule has 0 radical (unpaired) electrons. The molecule has 0 amide bonds. The first-order valence-corrected chi connectivity index (χ1v) is 9.48. The molecule has 170 valence electrons. The lowest BCUT2D eigenvalue weighted by atomic mass is 10.1. The van der Waals surface area contributed by atoms with Gasteiger partial charge in [-0.2, -0.15) is 0 Å². The maximum absolute atomic E-state index is 11.6. The van der Waals surface area contributed by atoms with E-state index < -0.39 is 70.9 Å². The fourth-order valence-electron chi connectivity index (χ4n) is 2.48. The fraction of sp³-hybridized carbons (Fsp3) is 0.688. The zero-order valence-electron chi connectivity index (χ0n) is 16.3. The van der Waals surface area contributed by atoms with Crippen LogP contribution in [0.2, 0.25) is 0 Å². The van der Waals surface area contributed by atoms with Gasteiger partial charge in [0.25, 0.3) is 3.79 Å². The van der Waals surface area contributed by atoms with Crippen LogP contribution in [-0.4, -0.2) is 70.9 Å². The Hall–Kier alpha value is -1.82. The Morgan fingerprint density at radius 1 is 0.900 bits per heavy atom. The van der Waals surface area contributed by atoms with Gasteiger partial charge in [-0.15, -0.1) is 0 Å². The van der Waals surface area contributed by atoms with Gasteiger partial charge in [-0.05, 0) is 0 Å². The van der Waals surface area contributed by atoms with Crippen molar-refractivity contribution in [3.63, 3.8) is 0 Å². The van der Waals surface area contributed by atoms with E-state index in [0.29, 0.717) is 0 Å². The van der Waals surface area contributed by atoms with Crippen LogP contribution in [-0.2, 0) is 47.6 Å². The molecule has 11 nitrogen and oxygen atoms in total. The lowest BCUT2D eigenvalue weighted by Gasteiger charge is -2.27. The van der Waals surface area contributed by atoms with E-state index in [2.05, 4.69) is 0 Å². The van der Waals surface area contributed by atoms with Crippen LogP contribution in [0, 0.1) is 5.41 Å². The number of ether oxygens (including phenoxy) is 6. The predicted octanol–water partition coefficient (Wildman–Crippen LogP) is 1.43. The Labute approximate surface area is 186 Å². The number of hydrogen-bond acceptors (Lipinski definition) is 11. The molecule has 1 aliphatic rings. The lowest BCUT2D eigenvalue weighted by Crippen LogP contribution is -2.47. The molecule has 1 fully saturated rings. The molecule has 0 saturated carbocycles. The van der Waals surface area contributed by atoms with Gasteiger partial charge in [-0.25, -0.2) is 0 Å². The molecule has 1 aliphatic heterocycles. The Morgan fingerprint density at radius 2 is 1.43 bits per heavy atom. The second kappa shape index (κ2) is 11.0. The summed E-state index contributed by atoms with van der Waals surface area (Å²) in [6, 6.07) is 0. The predicted molar refractivity (Wildman–Crippen MR) is 101 cm³/mol. The van der Waals surface area contributed by atoms with Gasteiger partial charge in [0.2, 0.25) is 18.3 Å². The summed E-state index contributed by atoms with van der Waals surface area (Å²) in [4.78, 5) is 45.9. The average molecular weight is 493 g/mol. The normalized spacial score (nSPS) is 24.4. The number of carbonyl (C=O) groups excluding carboxylic acids is 4. The quantitative estimate of drug-likeness (QED) is 0.182. The van der Waals surface area contributed by atoms with Crippen LogP contribution in [0.4, 0.5) is 0 Å². The second-order valence-corrected chi connectivity index (χ2v) is 8.29. The number of nitrogens with one attached hydrogen (secondary N) is 1. The fourth-order valence-corrected chi connectivity index (χ4v) is 2.61. The van der Waals surface area contributed by atoms with Crippen LogP contribution < -0.4 is 0 Å². The molecular formula is C16H20Cl3NO10. The molecule has 0 aliphatic carbocycles. The van der Waals surface area contributed by atoms with E-state index in [1.807, 2.05) is 0 Å². The Bertz CT molecular complexity index is 695. The maximum atomic E-state index is 11.6. The van der Waals surface area contributed by atoms with Gasteiger partial charge in [0.1, 0.15) is 12.7 Å². The Morgan fingerprint density at radius 3 is 1.87 bits per heavy atom. The van der Waals surface area contributed by atoms with Gasteiger partial charge in [0.05, 0.1) is 0 Å². The largest absolute Gasteiger partial charge is 0.462 e. The number of carbonyl (C=O) groups is 4. The third kappa shape index (κ3) is 8.13. The molecule has 1 saturated heterocycles. The zero-order valence-corrected chi connectivity index (χ0v) is 18.6. The third-order valence-electron chi connectivity index (χ3n) is 3.44. The summed E-state index contributed by atoms with van der Waals surface area (Å²) in [5, 5.41) is 7.71. The van der Waals surface area contributed by atoms with Gasteiger partial charge in [-0.3, -0.25) is 24.6 Å². The first kappa shape index (κ1) is 26.2. The molecule has 1 N–H and O–H groups in total. The summed E-state index contributed by atoms with van der Waals surface area (Å²) in [7, 11) is 0. The first-order chi connectivity index (χ1) is 13.7. The summed E-state index contributed by atoms with van der Waals surface area (Å²) < 4.78 is 28.8. The van der Waals surface area contributed by atoms with E-state index in [1.54, 1.807) is 0 Å². The monoisotopic (exact) mass is 491 g/mol. The Kier molecular flexibility index (Phi) is 9.60. The van der Waals surface area contributed by atoms with Crippen molar-refractivity contribution in [1.29, 1.82) is 5.41 Å². The highest BCUT2D eigenvalue weighted by molar-refractivity contribution is 6.76. The number of halogens is 3. The second-order valence-electron chi connectivity index (χ2n) is 6.01. The van der Waals surface area contributed by atoms with E-state index in [0.717, 1.165) is 27.7 Å². The van der Waals surface area contributed by atoms with Crippen LogP contribution >= 0.6 is 34.8 Å². The van der Waals surface area contributed by atoms with Gasteiger partial charge in [-0.1, -0.05) is 34.8 Å². The van der Waals surface area contributed by atoms with Crippen LogP contribution in [0.5, 0.6) is 0 Å². The summed E-state index contributed by atoms with van der Waals surface area (Å²) >= 11 is 16.8. The average Bonchev–Trinajstić information content (AvgIpc) is 2.86. The van der Waals surface area contributed by atoms with Crippen LogP contribution in [0.1, 0.15) is 27.7 Å². The van der Waals surface area contributed by atoms with Crippen molar-refractivity contribution in [3.05, 3.63) is 0 Å². The van der Waals surface area contributed by atoms with E-state index >= 15 is 0 Å². The number of rotatable bonds is 7. The molecule has 30 heavy (non-hydrogen) atoms. The van der Waals surface area contributed by atoms with E-state index in [1.165, 1.54) is 0 Å². The molecular weight excluding hydrogens is 473 g/mol. The highest BCUT2D eigenvalue weighted by Gasteiger charge is 2.55. The third-order valence-corrected chi connectivity index (χ3v) is 3.95. The summed E-state index contributed by atoms with van der Waals surface area (Å²) in [6.07, 6.45) is -7.00. The van der Waals surface area contributed by atoms with Crippen molar-refractivity contribution in [2.45, 2.75) is 62.2 Å². The minimum atomic E-state index is -2.27. The SMILES string of the molecule is CC(=O)OC[C@@H](OC(C)=O)[C@@H]1O[C@@H](OC(=N)C(Cl)(Cl)Cl)[C@H](OC(C)=O)[C@H]1OC(C)=O. The molecule has 0 aromatic carbocycles. The molecule has 0 bridgehead atoms. The Balaban J connectivity index is 3.28. The molecule has 0 spiro atoms. The standard InChI is InChI=1S/C16H20Cl3NO10/c1-6(21)25-5-10(26-7(2)22)11-12(27-8(3)23)13(28-9(4)24)14(29-11)30-15(20)16(17,18)19/h10-14,20H,5H2,1-4H3/t10-,11+,12+,13-,14+/m1/s1.